The van der Waals surface area contributed by atoms with Gasteiger partial charge in [-0.3, -0.25) is 9.10 Å². The van der Waals surface area contributed by atoms with Crippen LogP contribution in [-0.2, 0) is 21.4 Å². The monoisotopic (exact) mass is 392 g/mol. The Morgan fingerprint density at radius 3 is 2.26 bits per heavy atom. The van der Waals surface area contributed by atoms with Gasteiger partial charge in [-0.25, -0.2) is 12.8 Å². The molecule has 27 heavy (non-hydrogen) atoms. The molecule has 2 rings (SSSR count). The number of nitrogens with zero attached hydrogens (tertiary/aromatic N) is 1. The Labute approximate surface area is 160 Å². The van der Waals surface area contributed by atoms with Crippen LogP contribution in [0.5, 0.6) is 0 Å². The molecule has 0 fully saturated rings. The molecule has 1 atom stereocenters. The number of amides is 1. The average molecular weight is 392 g/mol. The molecule has 7 heteroatoms. The number of anilines is 1. The molecular weight excluding hydrogens is 367 g/mol. The predicted octanol–water partition coefficient (Wildman–Crippen LogP) is 3.30. The lowest BCUT2D eigenvalue weighted by atomic mass is 10.1. The maximum absolute atomic E-state index is 13.0. The third kappa shape index (κ3) is 5.29. The summed E-state index contributed by atoms with van der Waals surface area (Å²) in [6.07, 6.45) is 1.41. The van der Waals surface area contributed by atoms with E-state index in [2.05, 4.69) is 5.32 Å². The molecule has 0 spiro atoms. The molecule has 1 N–H and O–H groups in total. The summed E-state index contributed by atoms with van der Waals surface area (Å²) in [7, 11) is -3.67. The molecule has 0 saturated heterocycles. The van der Waals surface area contributed by atoms with Crippen LogP contribution < -0.4 is 9.62 Å². The van der Waals surface area contributed by atoms with Crippen molar-refractivity contribution >= 4 is 21.6 Å². The molecule has 0 aliphatic carbocycles. The zero-order chi connectivity index (χ0) is 20.2. The fourth-order valence-corrected chi connectivity index (χ4v) is 4.04. The number of nitrogens with one attached hydrogen (secondary N) is 1. The van der Waals surface area contributed by atoms with Crippen LogP contribution in [-0.4, -0.2) is 26.6 Å². The minimum absolute atomic E-state index is 0.195. The van der Waals surface area contributed by atoms with Gasteiger partial charge in [0, 0.05) is 6.54 Å². The van der Waals surface area contributed by atoms with E-state index in [9.17, 15) is 17.6 Å². The van der Waals surface area contributed by atoms with Gasteiger partial charge in [-0.2, -0.15) is 0 Å². The van der Waals surface area contributed by atoms with E-state index in [1.54, 1.807) is 31.2 Å². The summed E-state index contributed by atoms with van der Waals surface area (Å²) in [5.41, 5.74) is 3.19. The number of aryl methyl sites for hydroxylation is 2. The number of halogens is 1. The van der Waals surface area contributed by atoms with Gasteiger partial charge in [0.2, 0.25) is 15.9 Å². The first-order valence-corrected chi connectivity index (χ1v) is 10.6. The number of rotatable bonds is 7. The zero-order valence-electron chi connectivity index (χ0n) is 16.0. The number of sulfonamides is 1. The van der Waals surface area contributed by atoms with Crippen molar-refractivity contribution in [3.8, 4) is 0 Å². The molecular formula is C20H25FN2O3S. The van der Waals surface area contributed by atoms with Crippen LogP contribution in [0.1, 0.15) is 30.0 Å². The Hall–Kier alpha value is -2.41. The highest BCUT2D eigenvalue weighted by molar-refractivity contribution is 7.92. The average Bonchev–Trinajstić information content (AvgIpc) is 2.60. The van der Waals surface area contributed by atoms with Gasteiger partial charge in [0.25, 0.3) is 0 Å². The molecule has 2 aromatic rings. The summed E-state index contributed by atoms with van der Waals surface area (Å²) in [4.78, 5) is 12.7. The van der Waals surface area contributed by atoms with E-state index in [-0.39, 0.29) is 12.4 Å². The summed E-state index contributed by atoms with van der Waals surface area (Å²) in [6, 6.07) is 10.2. The third-order valence-electron chi connectivity index (χ3n) is 4.45. The highest BCUT2D eigenvalue weighted by Crippen LogP contribution is 2.25. The largest absolute Gasteiger partial charge is 0.350 e. The second-order valence-electron chi connectivity index (χ2n) is 6.60. The van der Waals surface area contributed by atoms with E-state index in [1.807, 2.05) is 19.9 Å². The van der Waals surface area contributed by atoms with E-state index in [4.69, 9.17) is 0 Å². The van der Waals surface area contributed by atoms with E-state index in [0.717, 1.165) is 22.9 Å². The Kier molecular flexibility index (Phi) is 6.59. The maximum atomic E-state index is 13.0. The minimum Gasteiger partial charge on any atom is -0.350 e. The van der Waals surface area contributed by atoms with Crippen molar-refractivity contribution in [1.29, 1.82) is 0 Å². The third-order valence-corrected chi connectivity index (χ3v) is 5.63. The van der Waals surface area contributed by atoms with Crippen LogP contribution in [0, 0.1) is 19.7 Å². The predicted molar refractivity (Wildman–Crippen MR) is 106 cm³/mol. The Morgan fingerprint density at radius 2 is 1.74 bits per heavy atom. The number of benzene rings is 2. The van der Waals surface area contributed by atoms with Crippen molar-refractivity contribution in [2.24, 2.45) is 0 Å². The lowest BCUT2D eigenvalue weighted by molar-refractivity contribution is -0.122. The molecule has 0 saturated carbocycles. The number of hydrogen-bond acceptors (Lipinski definition) is 3. The smallest absolute Gasteiger partial charge is 0.244 e. The first kappa shape index (κ1) is 20.9. The molecule has 0 aliphatic rings. The number of hydrogen-bond donors (Lipinski definition) is 1. The molecule has 0 aliphatic heterocycles. The minimum atomic E-state index is -3.67. The number of carbonyl (C=O) groups excluding carboxylic acids is 1. The normalized spacial score (nSPS) is 12.5. The fourth-order valence-electron chi connectivity index (χ4n) is 2.83. The number of carbonyl (C=O) groups is 1. The van der Waals surface area contributed by atoms with E-state index in [0.29, 0.717) is 12.1 Å². The first-order valence-electron chi connectivity index (χ1n) is 8.72. The van der Waals surface area contributed by atoms with Gasteiger partial charge >= 0.3 is 0 Å². The molecule has 0 radical (unpaired) electrons. The highest BCUT2D eigenvalue weighted by Gasteiger charge is 2.31. The SMILES string of the molecule is CC[C@H](C(=O)NCc1ccc(F)cc1)N(c1ccc(C)c(C)c1)S(C)(=O)=O. The summed E-state index contributed by atoms with van der Waals surface area (Å²) in [5.74, 6) is -0.750. The first-order chi connectivity index (χ1) is 12.6. The molecule has 0 unspecified atom stereocenters. The Bertz CT molecular complexity index is 911. The second-order valence-corrected chi connectivity index (χ2v) is 8.46. The van der Waals surface area contributed by atoms with Crippen molar-refractivity contribution < 1.29 is 17.6 Å². The van der Waals surface area contributed by atoms with Crippen molar-refractivity contribution in [1.82, 2.24) is 5.32 Å². The second kappa shape index (κ2) is 8.52. The maximum Gasteiger partial charge on any atom is 0.244 e. The molecule has 0 aromatic heterocycles. The quantitative estimate of drug-likeness (QED) is 0.786. The molecule has 0 bridgehead atoms. The van der Waals surface area contributed by atoms with Crippen molar-refractivity contribution in [2.75, 3.05) is 10.6 Å². The van der Waals surface area contributed by atoms with Gasteiger partial charge in [-0.05, 0) is 61.2 Å². The van der Waals surface area contributed by atoms with Gasteiger partial charge in [-0.15, -0.1) is 0 Å². The van der Waals surface area contributed by atoms with E-state index >= 15 is 0 Å². The van der Waals surface area contributed by atoms with Crippen LogP contribution in [0.4, 0.5) is 10.1 Å². The molecule has 5 nitrogen and oxygen atoms in total. The standard InChI is InChI=1S/C20H25FN2O3S/c1-5-19(20(24)22-13-16-7-9-17(21)10-8-16)23(27(4,25)26)18-11-6-14(2)15(3)12-18/h6-12,19H,5,13H2,1-4H3,(H,22,24)/t19-/m1/s1. The van der Waals surface area contributed by atoms with Gasteiger partial charge in [-0.1, -0.05) is 25.1 Å². The van der Waals surface area contributed by atoms with Gasteiger partial charge in [0.05, 0.1) is 11.9 Å². The van der Waals surface area contributed by atoms with Gasteiger partial charge < -0.3 is 5.32 Å². The molecule has 2 aromatic carbocycles. The summed E-state index contributed by atoms with van der Waals surface area (Å²) >= 11 is 0. The lowest BCUT2D eigenvalue weighted by Gasteiger charge is -2.30. The Balaban J connectivity index is 2.27. The Morgan fingerprint density at radius 1 is 1.11 bits per heavy atom. The molecule has 0 heterocycles. The molecule has 146 valence electrons. The van der Waals surface area contributed by atoms with E-state index < -0.39 is 22.0 Å². The summed E-state index contributed by atoms with van der Waals surface area (Å²) in [5, 5.41) is 2.75. The summed E-state index contributed by atoms with van der Waals surface area (Å²) < 4.78 is 39.1. The van der Waals surface area contributed by atoms with Crippen molar-refractivity contribution in [2.45, 2.75) is 39.8 Å². The van der Waals surface area contributed by atoms with Crippen molar-refractivity contribution in [3.63, 3.8) is 0 Å². The topological polar surface area (TPSA) is 66.5 Å². The van der Waals surface area contributed by atoms with Crippen LogP contribution >= 0.6 is 0 Å². The fraction of sp³-hybridized carbons (Fsp3) is 0.350. The van der Waals surface area contributed by atoms with Gasteiger partial charge in [0.1, 0.15) is 11.9 Å². The van der Waals surface area contributed by atoms with E-state index in [1.165, 1.54) is 16.4 Å². The van der Waals surface area contributed by atoms with Crippen LogP contribution in [0.3, 0.4) is 0 Å². The van der Waals surface area contributed by atoms with Gasteiger partial charge in [0.15, 0.2) is 0 Å². The lowest BCUT2D eigenvalue weighted by Crippen LogP contribution is -2.49. The highest BCUT2D eigenvalue weighted by atomic mass is 32.2. The van der Waals surface area contributed by atoms with Crippen molar-refractivity contribution in [3.05, 3.63) is 65.0 Å². The van der Waals surface area contributed by atoms with Crippen LogP contribution in [0.2, 0.25) is 0 Å². The van der Waals surface area contributed by atoms with Crippen LogP contribution in [0.25, 0.3) is 0 Å². The van der Waals surface area contributed by atoms with Crippen LogP contribution in [0.15, 0.2) is 42.5 Å². The zero-order valence-corrected chi connectivity index (χ0v) is 16.8. The molecule has 1 amide bonds. The summed E-state index contributed by atoms with van der Waals surface area (Å²) in [6.45, 7) is 5.80.